The topological polar surface area (TPSA) is 55.7 Å². The minimum atomic E-state index is -1.43. The Balaban J connectivity index is 1.68. The van der Waals surface area contributed by atoms with Crippen molar-refractivity contribution in [2.24, 2.45) is 5.92 Å². The van der Waals surface area contributed by atoms with Gasteiger partial charge in [-0.3, -0.25) is 0 Å². The number of H-pyrrole nitrogens is 1. The minimum absolute atomic E-state index is 0.355. The number of hydrogen-bond acceptors (Lipinski definition) is 4. The van der Waals surface area contributed by atoms with Crippen LogP contribution in [0.15, 0.2) is 99.6 Å². The fourth-order valence-corrected chi connectivity index (χ4v) is 8.04. The van der Waals surface area contributed by atoms with Crippen molar-refractivity contribution in [2.45, 2.75) is 36.9 Å². The van der Waals surface area contributed by atoms with Gasteiger partial charge in [0.25, 0.3) is 0 Å². The maximum Gasteiger partial charge on any atom is 0.0988 e. The first-order chi connectivity index (χ1) is 17.5. The van der Waals surface area contributed by atoms with Crippen LogP contribution in [0, 0.1) is 17.2 Å². The molecule has 0 aliphatic heterocycles. The average Bonchev–Trinajstić information content (AvgIpc) is 3.56. The Bertz CT molecular complexity index is 1350. The van der Waals surface area contributed by atoms with Gasteiger partial charge in [-0.25, -0.2) is 4.98 Å². The van der Waals surface area contributed by atoms with Gasteiger partial charge in [-0.15, -0.1) is 11.3 Å². The summed E-state index contributed by atoms with van der Waals surface area (Å²) in [6, 6.07) is 17.4. The highest BCUT2D eigenvalue weighted by Gasteiger charge is 2.23. The third kappa shape index (κ3) is 6.69. The number of benzene rings is 1. The molecule has 0 amide bonds. The minimum Gasteiger partial charge on any atom is -0.365 e. The first kappa shape index (κ1) is 25.8. The Morgan fingerprint density at radius 1 is 1.19 bits per heavy atom. The van der Waals surface area contributed by atoms with E-state index in [0.29, 0.717) is 5.92 Å². The molecule has 3 aromatic rings. The first-order valence-electron chi connectivity index (χ1n) is 12.3. The number of aromatic nitrogens is 2. The van der Waals surface area contributed by atoms with Crippen LogP contribution in [0.25, 0.3) is 0 Å². The first-order valence-corrected chi connectivity index (χ1v) is 15.3. The Morgan fingerprint density at radius 3 is 2.69 bits per heavy atom. The third-order valence-electron chi connectivity index (χ3n) is 6.40. The summed E-state index contributed by atoms with van der Waals surface area (Å²) in [6.45, 7) is 3.75. The van der Waals surface area contributed by atoms with Crippen molar-refractivity contribution in [3.63, 3.8) is 0 Å². The lowest BCUT2D eigenvalue weighted by molar-refractivity contribution is 0.289. The standard InChI is InChI=1S/C30H34N4S2/c1-4-27-17-25(18-31)12-8-13-29(27)34(21-28-19-32-23-33-28)20-26(16-24-10-6-5-7-11-24)22-36(2,3)30-14-9-15-35-30/h5-7,9-15,17,19,23,26H,2-4,8,16,20-22H2,1H3,(H,32,33). The van der Waals surface area contributed by atoms with Gasteiger partial charge in [0.05, 0.1) is 24.6 Å². The maximum absolute atomic E-state index is 9.57. The molecule has 1 aromatic carbocycles. The molecule has 0 spiro atoms. The molecule has 0 saturated carbocycles. The van der Waals surface area contributed by atoms with E-state index in [4.69, 9.17) is 0 Å². The zero-order chi connectivity index (χ0) is 25.4. The van der Waals surface area contributed by atoms with Gasteiger partial charge in [-0.05, 0) is 59.6 Å². The molecular formula is C30H34N4S2. The number of nitriles is 1. The van der Waals surface area contributed by atoms with Crippen LogP contribution < -0.4 is 0 Å². The van der Waals surface area contributed by atoms with E-state index in [2.05, 4.69) is 99.6 Å². The highest BCUT2D eigenvalue weighted by Crippen LogP contribution is 2.39. The van der Waals surface area contributed by atoms with Gasteiger partial charge in [0.1, 0.15) is 0 Å². The lowest BCUT2D eigenvalue weighted by Crippen LogP contribution is -2.32. The fourth-order valence-electron chi connectivity index (χ4n) is 4.75. The van der Waals surface area contributed by atoms with E-state index in [1.165, 1.54) is 21.0 Å². The van der Waals surface area contributed by atoms with E-state index in [1.54, 1.807) is 17.7 Å². The molecule has 4 rings (SSSR count). The molecule has 36 heavy (non-hydrogen) atoms. The van der Waals surface area contributed by atoms with Crippen LogP contribution in [-0.2, 0) is 13.0 Å². The summed E-state index contributed by atoms with van der Waals surface area (Å²) in [7, 11) is -1.43. The van der Waals surface area contributed by atoms with Crippen molar-refractivity contribution in [3.05, 3.63) is 107 Å². The van der Waals surface area contributed by atoms with Gasteiger partial charge in [-0.2, -0.15) is 14.5 Å². The Kier molecular flexibility index (Phi) is 8.69. The number of nitrogens with one attached hydrogen (secondary N) is 1. The monoisotopic (exact) mass is 514 g/mol. The van der Waals surface area contributed by atoms with Crippen LogP contribution >= 0.6 is 20.5 Å². The van der Waals surface area contributed by atoms with E-state index in [-0.39, 0.29) is 0 Å². The average molecular weight is 515 g/mol. The molecule has 1 unspecified atom stereocenters. The molecule has 0 fully saturated rings. The SMILES string of the molecule is C=S(=C)(CC(Cc1ccccc1)CN(Cc1cnc[nH]1)C1=CCC=C(C#N)C=C1CC)c1cccs1. The molecule has 0 radical (unpaired) electrons. The maximum atomic E-state index is 9.57. The molecule has 0 saturated heterocycles. The van der Waals surface area contributed by atoms with Gasteiger partial charge in [0.2, 0.25) is 0 Å². The zero-order valence-electron chi connectivity index (χ0n) is 20.9. The van der Waals surface area contributed by atoms with Crippen molar-refractivity contribution in [3.8, 4) is 6.07 Å². The van der Waals surface area contributed by atoms with E-state index in [1.807, 2.05) is 12.3 Å². The smallest absolute Gasteiger partial charge is 0.0988 e. The molecule has 2 aromatic heterocycles. The number of aromatic amines is 1. The quantitative estimate of drug-likeness (QED) is 0.282. The van der Waals surface area contributed by atoms with Crippen molar-refractivity contribution in [1.29, 1.82) is 5.26 Å². The number of thiophene rings is 1. The van der Waals surface area contributed by atoms with Crippen LogP contribution in [-0.4, -0.2) is 38.9 Å². The van der Waals surface area contributed by atoms with E-state index in [0.717, 1.165) is 49.4 Å². The second-order valence-electron chi connectivity index (χ2n) is 9.28. The van der Waals surface area contributed by atoms with Gasteiger partial charge < -0.3 is 9.88 Å². The molecule has 6 heteroatoms. The van der Waals surface area contributed by atoms with Crippen LogP contribution in [0.1, 0.15) is 31.0 Å². The van der Waals surface area contributed by atoms with Crippen molar-refractivity contribution in [2.75, 3.05) is 12.3 Å². The number of imidazole rings is 1. The van der Waals surface area contributed by atoms with Crippen molar-refractivity contribution in [1.82, 2.24) is 14.9 Å². The summed E-state index contributed by atoms with van der Waals surface area (Å²) in [5.41, 5.74) is 5.54. The number of nitrogens with zero attached hydrogens (tertiary/aromatic N) is 3. The zero-order valence-corrected chi connectivity index (χ0v) is 22.5. The van der Waals surface area contributed by atoms with E-state index >= 15 is 0 Å². The molecular weight excluding hydrogens is 480 g/mol. The highest BCUT2D eigenvalue weighted by molar-refractivity contribution is 8.28. The highest BCUT2D eigenvalue weighted by atomic mass is 32.2. The fraction of sp³-hybridized carbons (Fsp3) is 0.267. The molecule has 1 aliphatic carbocycles. The Hall–Kier alpha value is -3.27. The van der Waals surface area contributed by atoms with Crippen LogP contribution in [0.4, 0.5) is 0 Å². The second-order valence-corrected chi connectivity index (χ2v) is 13.3. The Morgan fingerprint density at radius 2 is 2.03 bits per heavy atom. The molecule has 1 N–H and O–H groups in total. The summed E-state index contributed by atoms with van der Waals surface area (Å²) in [6.07, 6.45) is 12.5. The molecule has 0 bridgehead atoms. The molecule has 1 aliphatic rings. The van der Waals surface area contributed by atoms with Gasteiger partial charge >= 0.3 is 0 Å². The van der Waals surface area contributed by atoms with Crippen molar-refractivity contribution < 1.29 is 0 Å². The molecule has 4 nitrogen and oxygen atoms in total. The Labute approximate surface area is 219 Å². The predicted octanol–water partition coefficient (Wildman–Crippen LogP) is 6.93. The summed E-state index contributed by atoms with van der Waals surface area (Å²) in [5.74, 6) is 10.6. The molecule has 1 atom stereocenters. The normalized spacial score (nSPS) is 14.7. The number of rotatable bonds is 11. The lowest BCUT2D eigenvalue weighted by atomic mass is 9.98. The van der Waals surface area contributed by atoms with E-state index < -0.39 is 9.21 Å². The van der Waals surface area contributed by atoms with Gasteiger partial charge in [0.15, 0.2) is 0 Å². The van der Waals surface area contributed by atoms with Gasteiger partial charge in [-0.1, -0.05) is 67.2 Å². The summed E-state index contributed by atoms with van der Waals surface area (Å²) in [4.78, 5) is 10.0. The van der Waals surface area contributed by atoms with E-state index in [9.17, 15) is 5.26 Å². The van der Waals surface area contributed by atoms with Crippen LogP contribution in [0.5, 0.6) is 0 Å². The van der Waals surface area contributed by atoms with Gasteiger partial charge in [0, 0.05) is 28.2 Å². The third-order valence-corrected chi connectivity index (χ3v) is 10.5. The second kappa shape index (κ2) is 12.1. The predicted molar refractivity (Wildman–Crippen MR) is 157 cm³/mol. The lowest BCUT2D eigenvalue weighted by Gasteiger charge is -2.33. The summed E-state index contributed by atoms with van der Waals surface area (Å²) < 4.78 is 1.30. The van der Waals surface area contributed by atoms with Crippen molar-refractivity contribution >= 4 is 32.3 Å². The number of hydrogen-bond donors (Lipinski definition) is 1. The molecule has 2 heterocycles. The molecule has 186 valence electrons. The van der Waals surface area contributed by atoms with Crippen LogP contribution in [0.3, 0.4) is 0 Å². The summed E-state index contributed by atoms with van der Waals surface area (Å²) >= 11 is 1.77. The number of allylic oxidation sites excluding steroid dienone is 5. The van der Waals surface area contributed by atoms with Crippen LogP contribution in [0.2, 0.25) is 0 Å². The largest absolute Gasteiger partial charge is 0.365 e. The summed E-state index contributed by atoms with van der Waals surface area (Å²) in [5, 5.41) is 11.7.